The molecule has 0 spiro atoms. The van der Waals surface area contributed by atoms with E-state index in [0.717, 1.165) is 16.8 Å². The molecule has 0 aliphatic heterocycles. The van der Waals surface area contributed by atoms with E-state index in [1.807, 2.05) is 25.1 Å². The van der Waals surface area contributed by atoms with Crippen molar-refractivity contribution in [3.05, 3.63) is 58.7 Å². The molecule has 132 valence electrons. The summed E-state index contributed by atoms with van der Waals surface area (Å²) < 4.78 is 5.54. The van der Waals surface area contributed by atoms with Crippen LogP contribution in [0.3, 0.4) is 0 Å². The van der Waals surface area contributed by atoms with Gasteiger partial charge in [0.1, 0.15) is 17.3 Å². The first kappa shape index (κ1) is 16.4. The van der Waals surface area contributed by atoms with Gasteiger partial charge in [-0.1, -0.05) is 11.6 Å². The number of benzene rings is 1. The van der Waals surface area contributed by atoms with Gasteiger partial charge in [-0.05, 0) is 37.3 Å². The third-order valence-electron chi connectivity index (χ3n) is 4.03. The molecule has 0 aliphatic rings. The summed E-state index contributed by atoms with van der Waals surface area (Å²) in [7, 11) is 1.70. The van der Waals surface area contributed by atoms with Crippen LogP contribution in [0, 0.1) is 6.92 Å². The standard InChI is InChI=1S/C18H16ClN5O2/c1-10-3-6-16(26-10)14-8-15(23-22-14)18(25)24(2)9-17-20-12-5-4-11(19)7-13(12)21-17/h3-8H,9H2,1-2H3,(H,20,21)(H,22,23). The Morgan fingerprint density at radius 1 is 1.27 bits per heavy atom. The van der Waals surface area contributed by atoms with Crippen molar-refractivity contribution in [1.82, 2.24) is 25.1 Å². The fraction of sp³-hybridized carbons (Fsp3) is 0.167. The minimum Gasteiger partial charge on any atom is -0.460 e. The number of aromatic nitrogens is 4. The highest BCUT2D eigenvalue weighted by Gasteiger charge is 2.18. The molecular formula is C18H16ClN5O2. The molecule has 1 aromatic carbocycles. The lowest BCUT2D eigenvalue weighted by Gasteiger charge is -2.13. The Morgan fingerprint density at radius 3 is 2.88 bits per heavy atom. The van der Waals surface area contributed by atoms with E-state index >= 15 is 0 Å². The second-order valence-electron chi connectivity index (χ2n) is 6.08. The van der Waals surface area contributed by atoms with Crippen LogP contribution in [0.15, 0.2) is 40.8 Å². The highest BCUT2D eigenvalue weighted by Crippen LogP contribution is 2.21. The van der Waals surface area contributed by atoms with Gasteiger partial charge in [-0.15, -0.1) is 0 Å². The number of carbonyl (C=O) groups excluding carboxylic acids is 1. The van der Waals surface area contributed by atoms with Gasteiger partial charge in [0, 0.05) is 18.1 Å². The van der Waals surface area contributed by atoms with Gasteiger partial charge in [-0.2, -0.15) is 5.10 Å². The third-order valence-corrected chi connectivity index (χ3v) is 4.26. The Hall–Kier alpha value is -3.06. The summed E-state index contributed by atoms with van der Waals surface area (Å²) in [5, 5.41) is 7.56. The van der Waals surface area contributed by atoms with Gasteiger partial charge in [0.25, 0.3) is 5.91 Å². The van der Waals surface area contributed by atoms with Gasteiger partial charge in [-0.3, -0.25) is 9.89 Å². The molecule has 0 fully saturated rings. The van der Waals surface area contributed by atoms with Crippen LogP contribution >= 0.6 is 11.6 Å². The van der Waals surface area contributed by atoms with Crippen LogP contribution in [0.25, 0.3) is 22.5 Å². The summed E-state index contributed by atoms with van der Waals surface area (Å²) in [6.45, 7) is 2.19. The number of rotatable bonds is 4. The number of H-pyrrole nitrogens is 2. The zero-order chi connectivity index (χ0) is 18.3. The van der Waals surface area contributed by atoms with Crippen molar-refractivity contribution in [3.63, 3.8) is 0 Å². The maximum absolute atomic E-state index is 12.6. The fourth-order valence-electron chi connectivity index (χ4n) is 2.74. The smallest absolute Gasteiger partial charge is 0.274 e. The Morgan fingerprint density at radius 2 is 2.12 bits per heavy atom. The van der Waals surface area contributed by atoms with E-state index in [-0.39, 0.29) is 5.91 Å². The molecule has 0 unspecified atom stereocenters. The van der Waals surface area contributed by atoms with Gasteiger partial charge in [0.2, 0.25) is 0 Å². The van der Waals surface area contributed by atoms with Crippen molar-refractivity contribution in [2.24, 2.45) is 0 Å². The van der Waals surface area contributed by atoms with Crippen LogP contribution in [0.4, 0.5) is 0 Å². The van der Waals surface area contributed by atoms with Crippen LogP contribution in [-0.2, 0) is 6.54 Å². The van der Waals surface area contributed by atoms with Gasteiger partial charge >= 0.3 is 0 Å². The number of carbonyl (C=O) groups is 1. The van der Waals surface area contributed by atoms with E-state index in [1.54, 1.807) is 30.1 Å². The molecule has 0 radical (unpaired) electrons. The number of imidazole rings is 1. The second-order valence-corrected chi connectivity index (χ2v) is 6.52. The molecule has 2 N–H and O–H groups in total. The number of halogens is 1. The summed E-state index contributed by atoms with van der Waals surface area (Å²) in [5.74, 6) is 1.90. The average Bonchev–Trinajstić information content (AvgIpc) is 3.32. The first-order valence-corrected chi connectivity index (χ1v) is 8.39. The molecular weight excluding hydrogens is 354 g/mol. The first-order chi connectivity index (χ1) is 12.5. The second kappa shape index (κ2) is 6.34. The van der Waals surface area contributed by atoms with Gasteiger partial charge < -0.3 is 14.3 Å². The molecule has 0 aliphatic carbocycles. The van der Waals surface area contributed by atoms with Crippen molar-refractivity contribution < 1.29 is 9.21 Å². The number of fused-ring (bicyclic) bond motifs is 1. The number of aryl methyl sites for hydroxylation is 1. The molecule has 0 saturated heterocycles. The van der Waals surface area contributed by atoms with Crippen LogP contribution in [0.5, 0.6) is 0 Å². The Bertz CT molecular complexity index is 1090. The topological polar surface area (TPSA) is 90.8 Å². The van der Waals surface area contributed by atoms with Gasteiger partial charge in [0.05, 0.1) is 17.6 Å². The average molecular weight is 370 g/mol. The summed E-state index contributed by atoms with van der Waals surface area (Å²) in [6, 6.07) is 10.8. The summed E-state index contributed by atoms with van der Waals surface area (Å²) in [6.07, 6.45) is 0. The zero-order valence-electron chi connectivity index (χ0n) is 14.2. The van der Waals surface area contributed by atoms with Crippen molar-refractivity contribution in [2.45, 2.75) is 13.5 Å². The molecule has 7 nitrogen and oxygen atoms in total. The highest BCUT2D eigenvalue weighted by atomic mass is 35.5. The molecule has 26 heavy (non-hydrogen) atoms. The van der Waals surface area contributed by atoms with E-state index in [2.05, 4.69) is 20.2 Å². The third kappa shape index (κ3) is 3.09. The molecule has 1 amide bonds. The van der Waals surface area contributed by atoms with E-state index in [0.29, 0.717) is 34.5 Å². The summed E-state index contributed by atoms with van der Waals surface area (Å²) >= 11 is 5.99. The molecule has 3 aromatic heterocycles. The lowest BCUT2D eigenvalue weighted by Crippen LogP contribution is -2.27. The number of nitrogens with one attached hydrogen (secondary N) is 2. The molecule has 0 saturated carbocycles. The Labute approximate surface area is 154 Å². The number of furan rings is 1. The van der Waals surface area contributed by atoms with Gasteiger partial charge in [0.15, 0.2) is 11.5 Å². The first-order valence-electron chi connectivity index (χ1n) is 8.01. The zero-order valence-corrected chi connectivity index (χ0v) is 15.0. The number of amides is 1. The van der Waals surface area contributed by atoms with Crippen LogP contribution < -0.4 is 0 Å². The maximum atomic E-state index is 12.6. The van der Waals surface area contributed by atoms with Crippen molar-refractivity contribution in [3.8, 4) is 11.5 Å². The van der Waals surface area contributed by atoms with E-state index in [9.17, 15) is 4.79 Å². The lowest BCUT2D eigenvalue weighted by atomic mass is 10.3. The monoisotopic (exact) mass is 369 g/mol. The van der Waals surface area contributed by atoms with Crippen LogP contribution in [0.1, 0.15) is 22.1 Å². The molecule has 4 rings (SSSR count). The fourth-order valence-corrected chi connectivity index (χ4v) is 2.91. The predicted octanol–water partition coefficient (Wildman–Crippen LogP) is 3.78. The van der Waals surface area contributed by atoms with Crippen LogP contribution in [0.2, 0.25) is 5.02 Å². The number of hydrogen-bond donors (Lipinski definition) is 2. The predicted molar refractivity (Wildman–Crippen MR) is 97.9 cm³/mol. The summed E-state index contributed by atoms with van der Waals surface area (Å²) in [4.78, 5) is 21.8. The highest BCUT2D eigenvalue weighted by molar-refractivity contribution is 6.31. The minimum atomic E-state index is -0.214. The largest absolute Gasteiger partial charge is 0.460 e. The number of hydrogen-bond acceptors (Lipinski definition) is 4. The molecule has 4 aromatic rings. The van der Waals surface area contributed by atoms with E-state index < -0.39 is 0 Å². The maximum Gasteiger partial charge on any atom is 0.274 e. The quantitative estimate of drug-likeness (QED) is 0.572. The Balaban J connectivity index is 1.51. The molecule has 0 bridgehead atoms. The lowest BCUT2D eigenvalue weighted by molar-refractivity contribution is 0.0776. The number of nitrogens with zero attached hydrogens (tertiary/aromatic N) is 3. The van der Waals surface area contributed by atoms with Crippen molar-refractivity contribution in [1.29, 1.82) is 0 Å². The normalized spacial score (nSPS) is 11.2. The van der Waals surface area contributed by atoms with Crippen LogP contribution in [-0.4, -0.2) is 38.0 Å². The van der Waals surface area contributed by atoms with E-state index in [1.165, 1.54) is 0 Å². The van der Waals surface area contributed by atoms with Crippen molar-refractivity contribution in [2.75, 3.05) is 7.05 Å². The van der Waals surface area contributed by atoms with Crippen molar-refractivity contribution >= 4 is 28.5 Å². The Kier molecular flexibility index (Phi) is 4.00. The van der Waals surface area contributed by atoms with Gasteiger partial charge in [-0.25, -0.2) is 4.98 Å². The van der Waals surface area contributed by atoms with E-state index in [4.69, 9.17) is 16.0 Å². The molecule has 3 heterocycles. The summed E-state index contributed by atoms with van der Waals surface area (Å²) in [5.41, 5.74) is 2.62. The number of aromatic amines is 2. The minimum absolute atomic E-state index is 0.214. The molecule has 8 heteroatoms. The molecule has 0 atom stereocenters. The SMILES string of the molecule is Cc1ccc(-c2cc(C(=O)N(C)Cc3nc4ccc(Cl)cc4[nH]3)n[nH]2)o1.